The lowest BCUT2D eigenvalue weighted by Gasteiger charge is -2.18. The third kappa shape index (κ3) is 5.64. The molecule has 1 aliphatic rings. The predicted octanol–water partition coefficient (Wildman–Crippen LogP) is 2.91. The van der Waals surface area contributed by atoms with Crippen LogP contribution >= 0.6 is 0 Å². The van der Waals surface area contributed by atoms with E-state index in [9.17, 15) is 19.5 Å². The van der Waals surface area contributed by atoms with Crippen LogP contribution in [0, 0.1) is 0 Å². The molecule has 170 valence electrons. The summed E-state index contributed by atoms with van der Waals surface area (Å²) in [5.74, 6) is -1.66. The van der Waals surface area contributed by atoms with Gasteiger partial charge in [0.2, 0.25) is 5.91 Å². The molecule has 0 aromatic heterocycles. The van der Waals surface area contributed by atoms with E-state index in [0.29, 0.717) is 0 Å². The molecule has 8 nitrogen and oxygen atoms in total. The standard InChI is InChI=1S/C24H28N2O6/c1-15(13-22(27)26-21(23(28)29)11-12-31-2)25-24(30)32-14-20-18-9-5-3-7-16(18)17-8-4-6-10-19(17)20/h3-10,15,20-21H,11-14H2,1-2H3,(H,25,30)(H,26,27)(H,28,29)/t15-,21?/m1/s1. The van der Waals surface area contributed by atoms with Crippen LogP contribution < -0.4 is 10.6 Å². The van der Waals surface area contributed by atoms with Gasteiger partial charge in [-0.3, -0.25) is 4.79 Å². The maximum Gasteiger partial charge on any atom is 0.407 e. The molecule has 8 heteroatoms. The lowest BCUT2D eigenvalue weighted by atomic mass is 9.98. The van der Waals surface area contributed by atoms with Gasteiger partial charge in [0.1, 0.15) is 12.6 Å². The Morgan fingerprint density at radius 2 is 1.59 bits per heavy atom. The van der Waals surface area contributed by atoms with E-state index in [2.05, 4.69) is 22.8 Å². The number of hydrogen-bond acceptors (Lipinski definition) is 5. The number of fused-ring (bicyclic) bond motifs is 3. The number of alkyl carbamates (subject to hydrolysis) is 1. The molecule has 32 heavy (non-hydrogen) atoms. The number of carboxylic acids is 1. The first-order chi connectivity index (χ1) is 15.4. The van der Waals surface area contributed by atoms with Crippen LogP contribution in [-0.4, -0.2) is 55.5 Å². The highest BCUT2D eigenvalue weighted by Crippen LogP contribution is 2.44. The minimum atomic E-state index is -1.13. The van der Waals surface area contributed by atoms with Gasteiger partial charge < -0.3 is 25.2 Å². The van der Waals surface area contributed by atoms with Gasteiger partial charge >= 0.3 is 12.1 Å². The number of carbonyl (C=O) groups excluding carboxylic acids is 2. The number of methoxy groups -OCH3 is 1. The number of hydrogen-bond donors (Lipinski definition) is 3. The zero-order valence-corrected chi connectivity index (χ0v) is 18.2. The van der Waals surface area contributed by atoms with Crippen molar-refractivity contribution in [2.45, 2.75) is 37.8 Å². The number of nitrogens with one attached hydrogen (secondary N) is 2. The van der Waals surface area contributed by atoms with Crippen LogP contribution in [0.3, 0.4) is 0 Å². The monoisotopic (exact) mass is 440 g/mol. The fourth-order valence-electron chi connectivity index (χ4n) is 3.92. The lowest BCUT2D eigenvalue weighted by Crippen LogP contribution is -2.44. The highest BCUT2D eigenvalue weighted by atomic mass is 16.5. The second kappa shape index (κ2) is 10.8. The molecule has 2 atom stereocenters. The molecule has 2 amide bonds. The van der Waals surface area contributed by atoms with Gasteiger partial charge in [-0.2, -0.15) is 0 Å². The topological polar surface area (TPSA) is 114 Å². The maximum atomic E-state index is 12.3. The number of ether oxygens (including phenoxy) is 2. The molecule has 3 N–H and O–H groups in total. The smallest absolute Gasteiger partial charge is 0.407 e. The van der Waals surface area contributed by atoms with Gasteiger partial charge in [0, 0.05) is 38.5 Å². The minimum Gasteiger partial charge on any atom is -0.480 e. The van der Waals surface area contributed by atoms with Crippen LogP contribution in [0.1, 0.15) is 36.8 Å². The van der Waals surface area contributed by atoms with Crippen LogP contribution in [0.2, 0.25) is 0 Å². The summed E-state index contributed by atoms with van der Waals surface area (Å²) in [6.45, 7) is 2.05. The summed E-state index contributed by atoms with van der Waals surface area (Å²) in [4.78, 5) is 35.7. The third-order valence-electron chi connectivity index (χ3n) is 5.44. The van der Waals surface area contributed by atoms with Crippen LogP contribution in [0.15, 0.2) is 48.5 Å². The van der Waals surface area contributed by atoms with Crippen molar-refractivity contribution in [2.75, 3.05) is 20.3 Å². The Balaban J connectivity index is 1.51. The number of carboxylic acid groups (broad SMARTS) is 1. The highest BCUT2D eigenvalue weighted by Gasteiger charge is 2.29. The van der Waals surface area contributed by atoms with Crippen LogP contribution in [0.4, 0.5) is 4.79 Å². The van der Waals surface area contributed by atoms with E-state index >= 15 is 0 Å². The van der Waals surface area contributed by atoms with Gasteiger partial charge in [-0.15, -0.1) is 0 Å². The molecule has 0 bridgehead atoms. The first-order valence-corrected chi connectivity index (χ1v) is 10.5. The molecule has 0 fully saturated rings. The van der Waals surface area contributed by atoms with Crippen molar-refractivity contribution in [3.63, 3.8) is 0 Å². The average molecular weight is 440 g/mol. The molecule has 0 aliphatic heterocycles. The Labute approximate surface area is 186 Å². The van der Waals surface area contributed by atoms with Crippen molar-refractivity contribution in [3.8, 4) is 11.1 Å². The molecular weight excluding hydrogens is 412 g/mol. The summed E-state index contributed by atoms with van der Waals surface area (Å²) in [5, 5.41) is 14.3. The van der Waals surface area contributed by atoms with E-state index in [4.69, 9.17) is 9.47 Å². The second-order valence-corrected chi connectivity index (χ2v) is 7.81. The fraction of sp³-hybridized carbons (Fsp3) is 0.375. The number of amides is 2. The molecule has 0 radical (unpaired) electrons. The molecular formula is C24H28N2O6. The predicted molar refractivity (Wildman–Crippen MR) is 118 cm³/mol. The Morgan fingerprint density at radius 1 is 1.00 bits per heavy atom. The Bertz CT molecular complexity index is 931. The van der Waals surface area contributed by atoms with Crippen LogP contribution in [0.25, 0.3) is 11.1 Å². The fourth-order valence-corrected chi connectivity index (χ4v) is 3.92. The average Bonchev–Trinajstić information content (AvgIpc) is 3.08. The van der Waals surface area contributed by atoms with E-state index in [0.717, 1.165) is 22.3 Å². The van der Waals surface area contributed by atoms with E-state index in [1.807, 2.05) is 36.4 Å². The quantitative estimate of drug-likeness (QED) is 0.524. The second-order valence-electron chi connectivity index (χ2n) is 7.81. The number of aliphatic carboxylic acids is 1. The minimum absolute atomic E-state index is 0.0520. The number of carbonyl (C=O) groups is 3. The molecule has 3 rings (SSSR count). The van der Waals surface area contributed by atoms with Gasteiger partial charge in [-0.1, -0.05) is 48.5 Å². The van der Waals surface area contributed by atoms with Crippen molar-refractivity contribution in [1.82, 2.24) is 10.6 Å². The number of benzene rings is 2. The van der Waals surface area contributed by atoms with E-state index in [1.165, 1.54) is 7.11 Å². The van der Waals surface area contributed by atoms with Crippen molar-refractivity contribution in [1.29, 1.82) is 0 Å². The Kier molecular flexibility index (Phi) is 7.83. The van der Waals surface area contributed by atoms with Gasteiger partial charge in [-0.05, 0) is 29.2 Å². The SMILES string of the molecule is COCCC(NC(=O)C[C@@H](C)NC(=O)OCC1c2ccccc2-c2ccccc21)C(=O)O. The molecule has 2 aromatic rings. The third-order valence-corrected chi connectivity index (χ3v) is 5.44. The van der Waals surface area contributed by atoms with E-state index in [-0.39, 0.29) is 32.0 Å². The van der Waals surface area contributed by atoms with Gasteiger partial charge in [0.25, 0.3) is 0 Å². The van der Waals surface area contributed by atoms with E-state index < -0.39 is 30.1 Å². The molecule has 2 aromatic carbocycles. The summed E-state index contributed by atoms with van der Waals surface area (Å²) in [6.07, 6.45) is -0.534. The Hall–Kier alpha value is -3.39. The summed E-state index contributed by atoms with van der Waals surface area (Å²) < 4.78 is 10.3. The van der Waals surface area contributed by atoms with E-state index in [1.54, 1.807) is 6.92 Å². The van der Waals surface area contributed by atoms with Gasteiger partial charge in [-0.25, -0.2) is 9.59 Å². The van der Waals surface area contributed by atoms with Crippen molar-refractivity contribution < 1.29 is 29.0 Å². The maximum absolute atomic E-state index is 12.3. The van der Waals surface area contributed by atoms with Crippen LogP contribution in [-0.2, 0) is 19.1 Å². The molecule has 0 saturated heterocycles. The molecule has 1 unspecified atom stereocenters. The molecule has 0 heterocycles. The lowest BCUT2D eigenvalue weighted by molar-refractivity contribution is -0.142. The zero-order chi connectivity index (χ0) is 23.1. The summed E-state index contributed by atoms with van der Waals surface area (Å²) >= 11 is 0. The first kappa shape index (κ1) is 23.3. The largest absolute Gasteiger partial charge is 0.480 e. The Morgan fingerprint density at radius 3 is 2.16 bits per heavy atom. The van der Waals surface area contributed by atoms with Gasteiger partial charge in [0.05, 0.1) is 0 Å². The summed E-state index contributed by atoms with van der Waals surface area (Å²) in [6, 6.07) is 14.5. The van der Waals surface area contributed by atoms with Crippen molar-refractivity contribution in [2.24, 2.45) is 0 Å². The van der Waals surface area contributed by atoms with Gasteiger partial charge in [0.15, 0.2) is 0 Å². The van der Waals surface area contributed by atoms with Crippen LogP contribution in [0.5, 0.6) is 0 Å². The highest BCUT2D eigenvalue weighted by molar-refractivity contribution is 5.84. The normalized spacial score (nSPS) is 14.1. The molecule has 1 aliphatic carbocycles. The zero-order valence-electron chi connectivity index (χ0n) is 18.2. The first-order valence-electron chi connectivity index (χ1n) is 10.5. The molecule has 0 spiro atoms. The number of rotatable bonds is 10. The van der Waals surface area contributed by atoms with Crippen molar-refractivity contribution >= 4 is 18.0 Å². The van der Waals surface area contributed by atoms with Crippen molar-refractivity contribution in [3.05, 3.63) is 59.7 Å². The molecule has 0 saturated carbocycles. The summed E-state index contributed by atoms with van der Waals surface area (Å²) in [7, 11) is 1.46. The summed E-state index contributed by atoms with van der Waals surface area (Å²) in [5.41, 5.74) is 4.52.